The minimum atomic E-state index is -1.16. The van der Waals surface area contributed by atoms with E-state index >= 15 is 0 Å². The summed E-state index contributed by atoms with van der Waals surface area (Å²) in [7, 11) is 0. The molecular weight excluding hydrogens is 237 g/mol. The Morgan fingerprint density at radius 1 is 0.778 bits per heavy atom. The number of allylic oxidation sites excluding steroid dienone is 1. The molecule has 0 fully saturated rings. The van der Waals surface area contributed by atoms with Gasteiger partial charge in [-0.3, -0.25) is 0 Å². The first-order chi connectivity index (χ1) is 8.66. The SMILES string of the molecule is Fc1cc(F)c(C2=CCc3ccccc32)cc1F. The van der Waals surface area contributed by atoms with E-state index in [9.17, 15) is 13.2 Å². The lowest BCUT2D eigenvalue weighted by Gasteiger charge is -2.08. The summed E-state index contributed by atoms with van der Waals surface area (Å²) in [5.41, 5.74) is 2.68. The van der Waals surface area contributed by atoms with Crippen LogP contribution in [0.15, 0.2) is 42.5 Å². The molecule has 0 saturated carbocycles. The molecule has 2 aromatic carbocycles. The van der Waals surface area contributed by atoms with Crippen LogP contribution in [-0.4, -0.2) is 0 Å². The topological polar surface area (TPSA) is 0 Å². The van der Waals surface area contributed by atoms with E-state index in [1.54, 1.807) is 0 Å². The average molecular weight is 246 g/mol. The zero-order valence-electron chi connectivity index (χ0n) is 9.38. The van der Waals surface area contributed by atoms with Crippen molar-refractivity contribution in [2.45, 2.75) is 6.42 Å². The van der Waals surface area contributed by atoms with Gasteiger partial charge in [0.25, 0.3) is 0 Å². The van der Waals surface area contributed by atoms with E-state index in [0.29, 0.717) is 18.1 Å². The first-order valence-electron chi connectivity index (χ1n) is 5.60. The minimum Gasteiger partial charge on any atom is -0.206 e. The molecule has 1 aliphatic rings. The van der Waals surface area contributed by atoms with E-state index in [0.717, 1.165) is 17.2 Å². The highest BCUT2D eigenvalue weighted by Crippen LogP contribution is 2.34. The quantitative estimate of drug-likeness (QED) is 0.665. The van der Waals surface area contributed by atoms with Crippen LogP contribution >= 0.6 is 0 Å². The van der Waals surface area contributed by atoms with Crippen molar-refractivity contribution in [1.82, 2.24) is 0 Å². The summed E-state index contributed by atoms with van der Waals surface area (Å²) in [5, 5.41) is 0. The van der Waals surface area contributed by atoms with E-state index in [1.807, 2.05) is 30.3 Å². The third-order valence-electron chi connectivity index (χ3n) is 3.13. The summed E-state index contributed by atoms with van der Waals surface area (Å²) >= 11 is 0. The van der Waals surface area contributed by atoms with Crippen LogP contribution in [0.2, 0.25) is 0 Å². The van der Waals surface area contributed by atoms with Crippen molar-refractivity contribution in [2.24, 2.45) is 0 Å². The summed E-state index contributed by atoms with van der Waals surface area (Å²) < 4.78 is 39.9. The molecule has 0 N–H and O–H groups in total. The third-order valence-corrected chi connectivity index (χ3v) is 3.13. The summed E-state index contributed by atoms with van der Waals surface area (Å²) in [4.78, 5) is 0. The fourth-order valence-corrected chi connectivity index (χ4v) is 2.27. The third kappa shape index (κ3) is 1.63. The van der Waals surface area contributed by atoms with Crippen LogP contribution in [0, 0.1) is 17.5 Å². The maximum Gasteiger partial charge on any atom is 0.161 e. The van der Waals surface area contributed by atoms with Crippen molar-refractivity contribution < 1.29 is 13.2 Å². The van der Waals surface area contributed by atoms with Crippen LogP contribution in [0.5, 0.6) is 0 Å². The van der Waals surface area contributed by atoms with Gasteiger partial charge in [0.05, 0.1) is 0 Å². The van der Waals surface area contributed by atoms with E-state index in [2.05, 4.69) is 0 Å². The second kappa shape index (κ2) is 4.02. The average Bonchev–Trinajstić information content (AvgIpc) is 2.78. The van der Waals surface area contributed by atoms with Gasteiger partial charge in [-0.25, -0.2) is 13.2 Å². The lowest BCUT2D eigenvalue weighted by atomic mass is 9.98. The van der Waals surface area contributed by atoms with Gasteiger partial charge in [-0.2, -0.15) is 0 Å². The van der Waals surface area contributed by atoms with Gasteiger partial charge in [0.15, 0.2) is 11.6 Å². The second-order valence-corrected chi connectivity index (χ2v) is 4.23. The summed E-state index contributed by atoms with van der Waals surface area (Å²) in [6.45, 7) is 0. The highest BCUT2D eigenvalue weighted by Gasteiger charge is 2.19. The maximum absolute atomic E-state index is 13.7. The Kier molecular flexibility index (Phi) is 2.47. The Morgan fingerprint density at radius 3 is 2.33 bits per heavy atom. The van der Waals surface area contributed by atoms with E-state index in [1.165, 1.54) is 0 Å². The molecule has 0 spiro atoms. The standard InChI is InChI=1S/C15H9F3/c16-13-8-15(18)14(17)7-12(13)11-6-5-9-3-1-2-4-10(9)11/h1-4,6-8H,5H2. The fraction of sp³-hybridized carbons (Fsp3) is 0.0667. The molecule has 2 aromatic rings. The number of hydrogen-bond acceptors (Lipinski definition) is 0. The maximum atomic E-state index is 13.7. The molecule has 90 valence electrons. The van der Waals surface area contributed by atoms with Gasteiger partial charge >= 0.3 is 0 Å². The largest absolute Gasteiger partial charge is 0.206 e. The van der Waals surface area contributed by atoms with Gasteiger partial charge in [0, 0.05) is 11.6 Å². The Balaban J connectivity index is 2.16. The fourth-order valence-electron chi connectivity index (χ4n) is 2.27. The highest BCUT2D eigenvalue weighted by atomic mass is 19.2. The molecule has 0 unspecified atom stereocenters. The van der Waals surface area contributed by atoms with Crippen LogP contribution in [0.25, 0.3) is 5.57 Å². The molecule has 0 amide bonds. The van der Waals surface area contributed by atoms with Gasteiger partial charge in [-0.1, -0.05) is 30.3 Å². The van der Waals surface area contributed by atoms with E-state index in [-0.39, 0.29) is 5.56 Å². The normalized spacial score (nSPS) is 13.4. The second-order valence-electron chi connectivity index (χ2n) is 4.23. The molecule has 0 heterocycles. The van der Waals surface area contributed by atoms with Crippen LogP contribution < -0.4 is 0 Å². The van der Waals surface area contributed by atoms with Gasteiger partial charge in [-0.15, -0.1) is 0 Å². The molecule has 0 aliphatic heterocycles. The highest BCUT2D eigenvalue weighted by molar-refractivity contribution is 5.84. The molecule has 1 aliphatic carbocycles. The van der Waals surface area contributed by atoms with Crippen LogP contribution in [-0.2, 0) is 6.42 Å². The Bertz CT molecular complexity index is 657. The number of benzene rings is 2. The summed E-state index contributed by atoms with van der Waals surface area (Å²) in [5.74, 6) is -2.93. The summed E-state index contributed by atoms with van der Waals surface area (Å²) in [6, 6.07) is 9.05. The molecule has 0 atom stereocenters. The number of rotatable bonds is 1. The minimum absolute atomic E-state index is 0.110. The molecule has 3 rings (SSSR count). The molecule has 0 radical (unpaired) electrons. The Morgan fingerprint density at radius 2 is 1.50 bits per heavy atom. The van der Waals surface area contributed by atoms with Crippen LogP contribution in [0.1, 0.15) is 16.7 Å². The molecule has 0 saturated heterocycles. The molecule has 0 bridgehead atoms. The Hall–Kier alpha value is -2.03. The predicted molar refractivity (Wildman–Crippen MR) is 63.5 cm³/mol. The summed E-state index contributed by atoms with van der Waals surface area (Å²) in [6.07, 6.45) is 2.52. The Labute approximate surface area is 102 Å². The van der Waals surface area contributed by atoms with Gasteiger partial charge in [0.2, 0.25) is 0 Å². The molecular formula is C15H9F3. The monoisotopic (exact) mass is 246 g/mol. The first kappa shape index (κ1) is 11.1. The van der Waals surface area contributed by atoms with Crippen molar-refractivity contribution in [1.29, 1.82) is 0 Å². The van der Waals surface area contributed by atoms with Crippen molar-refractivity contribution in [3.63, 3.8) is 0 Å². The molecule has 0 nitrogen and oxygen atoms in total. The van der Waals surface area contributed by atoms with E-state index < -0.39 is 17.5 Å². The van der Waals surface area contributed by atoms with Crippen LogP contribution in [0.3, 0.4) is 0 Å². The predicted octanol–water partition coefficient (Wildman–Crippen LogP) is 4.09. The number of fused-ring (bicyclic) bond motifs is 1. The van der Waals surface area contributed by atoms with Gasteiger partial charge in [0.1, 0.15) is 5.82 Å². The van der Waals surface area contributed by atoms with Crippen molar-refractivity contribution in [2.75, 3.05) is 0 Å². The molecule has 3 heteroatoms. The van der Waals surface area contributed by atoms with E-state index in [4.69, 9.17) is 0 Å². The van der Waals surface area contributed by atoms with Crippen LogP contribution in [0.4, 0.5) is 13.2 Å². The van der Waals surface area contributed by atoms with Crippen molar-refractivity contribution in [3.05, 3.63) is 76.6 Å². The van der Waals surface area contributed by atoms with Crippen molar-refractivity contribution in [3.8, 4) is 0 Å². The zero-order valence-corrected chi connectivity index (χ0v) is 9.38. The number of halogens is 3. The molecule has 0 aromatic heterocycles. The van der Waals surface area contributed by atoms with Gasteiger partial charge in [-0.05, 0) is 29.2 Å². The van der Waals surface area contributed by atoms with Crippen molar-refractivity contribution >= 4 is 5.57 Å². The lowest BCUT2D eigenvalue weighted by Crippen LogP contribution is -1.95. The smallest absolute Gasteiger partial charge is 0.161 e. The lowest BCUT2D eigenvalue weighted by molar-refractivity contribution is 0.494. The van der Waals surface area contributed by atoms with Gasteiger partial charge < -0.3 is 0 Å². The first-order valence-corrected chi connectivity index (χ1v) is 5.60. The zero-order chi connectivity index (χ0) is 12.7. The number of hydrogen-bond donors (Lipinski definition) is 0. The molecule has 18 heavy (non-hydrogen) atoms.